The van der Waals surface area contributed by atoms with Crippen molar-refractivity contribution in [1.29, 1.82) is 0 Å². The fraction of sp³-hybridized carbons (Fsp3) is 0.333. The fourth-order valence-electron chi connectivity index (χ4n) is 0.798. The second-order valence-corrected chi connectivity index (χ2v) is 3.99. The van der Waals surface area contributed by atoms with E-state index in [9.17, 15) is 9.59 Å². The molecule has 1 aromatic rings. The molecule has 0 radical (unpaired) electrons. The molecule has 0 aliphatic rings. The van der Waals surface area contributed by atoms with Crippen LogP contribution in [0.5, 0.6) is 0 Å². The predicted octanol–water partition coefficient (Wildman–Crippen LogP) is 0.970. The van der Waals surface area contributed by atoms with Crippen LogP contribution in [0.4, 0.5) is 0 Å². The van der Waals surface area contributed by atoms with Crippen LogP contribution in [-0.2, 0) is 4.79 Å². The summed E-state index contributed by atoms with van der Waals surface area (Å²) in [6.07, 6.45) is 1.51. The summed E-state index contributed by atoms with van der Waals surface area (Å²) in [6, 6.07) is 0. The lowest BCUT2D eigenvalue weighted by molar-refractivity contribution is -0.138. The molecule has 0 saturated heterocycles. The number of nitrogens with one attached hydrogen (secondary N) is 1. The van der Waals surface area contributed by atoms with Crippen LogP contribution < -0.4 is 5.43 Å². The Balaban J connectivity index is 2.60. The molecule has 2 N–H and O–H groups in total. The molecule has 1 rings (SSSR count). The number of carboxylic acids is 1. The molecule has 1 heterocycles. The van der Waals surface area contributed by atoms with Gasteiger partial charge in [0.25, 0.3) is 5.91 Å². The van der Waals surface area contributed by atoms with Crippen LogP contribution in [0.15, 0.2) is 16.7 Å². The van der Waals surface area contributed by atoms with Crippen molar-refractivity contribution in [3.8, 4) is 0 Å². The van der Waals surface area contributed by atoms with E-state index in [4.69, 9.17) is 5.11 Å². The van der Waals surface area contributed by atoms with Gasteiger partial charge in [-0.25, -0.2) is 10.4 Å². The molecule has 0 aliphatic heterocycles. The quantitative estimate of drug-likeness (QED) is 0.607. The third kappa shape index (κ3) is 3.13. The lowest BCUT2D eigenvalue weighted by Gasteiger charge is -2.04. The molecule has 0 bridgehead atoms. The summed E-state index contributed by atoms with van der Waals surface area (Å²) in [5.74, 6) is -2.15. The van der Waals surface area contributed by atoms with Crippen LogP contribution in [0.1, 0.15) is 23.6 Å². The van der Waals surface area contributed by atoms with Gasteiger partial charge < -0.3 is 5.11 Å². The van der Waals surface area contributed by atoms with Gasteiger partial charge in [-0.2, -0.15) is 5.10 Å². The SMILES string of the molecule is C/C(=N/NC(=O)c1nccs1)C(C)C(=O)O. The Morgan fingerprint density at radius 2 is 2.31 bits per heavy atom. The summed E-state index contributed by atoms with van der Waals surface area (Å²) in [7, 11) is 0. The first-order valence-corrected chi connectivity index (χ1v) is 5.37. The zero-order valence-corrected chi connectivity index (χ0v) is 9.61. The van der Waals surface area contributed by atoms with Crippen molar-refractivity contribution in [2.75, 3.05) is 0 Å². The molecule has 1 aromatic heterocycles. The summed E-state index contributed by atoms with van der Waals surface area (Å²) in [4.78, 5) is 25.8. The molecule has 16 heavy (non-hydrogen) atoms. The lowest BCUT2D eigenvalue weighted by atomic mass is 10.1. The number of nitrogens with zero attached hydrogens (tertiary/aromatic N) is 2. The molecule has 7 heteroatoms. The van der Waals surface area contributed by atoms with E-state index in [0.717, 1.165) is 0 Å². The maximum atomic E-state index is 11.4. The average Bonchev–Trinajstić information content (AvgIpc) is 2.77. The number of aromatic nitrogens is 1. The number of hydrogen-bond donors (Lipinski definition) is 2. The van der Waals surface area contributed by atoms with Gasteiger partial charge in [-0.1, -0.05) is 0 Å². The van der Waals surface area contributed by atoms with E-state index in [-0.39, 0.29) is 0 Å². The Kier molecular flexibility index (Phi) is 4.12. The van der Waals surface area contributed by atoms with Crippen LogP contribution in [0, 0.1) is 5.92 Å². The van der Waals surface area contributed by atoms with E-state index in [1.165, 1.54) is 24.5 Å². The predicted molar refractivity (Wildman–Crippen MR) is 59.5 cm³/mol. The van der Waals surface area contributed by atoms with E-state index in [0.29, 0.717) is 10.7 Å². The van der Waals surface area contributed by atoms with Crippen molar-refractivity contribution in [1.82, 2.24) is 10.4 Å². The lowest BCUT2D eigenvalue weighted by Crippen LogP contribution is -2.24. The number of hydrogen-bond acceptors (Lipinski definition) is 5. The number of aliphatic carboxylic acids is 1. The zero-order chi connectivity index (χ0) is 12.1. The highest BCUT2D eigenvalue weighted by Gasteiger charge is 2.15. The van der Waals surface area contributed by atoms with Crippen molar-refractivity contribution in [3.05, 3.63) is 16.6 Å². The van der Waals surface area contributed by atoms with Crippen molar-refractivity contribution in [2.45, 2.75) is 13.8 Å². The van der Waals surface area contributed by atoms with Crippen LogP contribution in [0.3, 0.4) is 0 Å². The van der Waals surface area contributed by atoms with Crippen molar-refractivity contribution < 1.29 is 14.7 Å². The minimum atomic E-state index is -0.982. The monoisotopic (exact) mass is 241 g/mol. The van der Waals surface area contributed by atoms with Gasteiger partial charge in [-0.05, 0) is 13.8 Å². The smallest absolute Gasteiger partial charge is 0.312 e. The van der Waals surface area contributed by atoms with E-state index in [1.54, 1.807) is 12.3 Å². The number of carboxylic acid groups (broad SMARTS) is 1. The highest BCUT2D eigenvalue weighted by molar-refractivity contribution is 7.11. The van der Waals surface area contributed by atoms with E-state index >= 15 is 0 Å². The average molecular weight is 241 g/mol. The largest absolute Gasteiger partial charge is 0.481 e. The number of thiazole rings is 1. The van der Waals surface area contributed by atoms with Crippen LogP contribution in [0.25, 0.3) is 0 Å². The summed E-state index contributed by atoms with van der Waals surface area (Å²) >= 11 is 1.19. The van der Waals surface area contributed by atoms with Gasteiger partial charge in [0.05, 0.1) is 5.92 Å². The topological polar surface area (TPSA) is 91.7 Å². The number of carbonyl (C=O) groups excluding carboxylic acids is 1. The Morgan fingerprint density at radius 3 is 2.81 bits per heavy atom. The molecule has 0 spiro atoms. The molecule has 86 valence electrons. The minimum Gasteiger partial charge on any atom is -0.481 e. The number of carbonyl (C=O) groups is 2. The van der Waals surface area contributed by atoms with E-state index in [2.05, 4.69) is 15.5 Å². The molecule has 0 aromatic carbocycles. The summed E-state index contributed by atoms with van der Waals surface area (Å²) in [6.45, 7) is 3.04. The van der Waals surface area contributed by atoms with E-state index in [1.807, 2.05) is 0 Å². The molecule has 1 unspecified atom stereocenters. The minimum absolute atomic E-state index is 0.291. The first kappa shape index (κ1) is 12.3. The van der Waals surface area contributed by atoms with Crippen LogP contribution in [0.2, 0.25) is 0 Å². The van der Waals surface area contributed by atoms with Gasteiger partial charge in [-0.3, -0.25) is 9.59 Å². The van der Waals surface area contributed by atoms with Gasteiger partial charge in [0.1, 0.15) is 0 Å². The molecule has 6 nitrogen and oxygen atoms in total. The van der Waals surface area contributed by atoms with Gasteiger partial charge >= 0.3 is 5.97 Å². The Bertz CT molecular complexity index is 414. The molecule has 0 fully saturated rings. The Hall–Kier alpha value is -1.76. The number of amides is 1. The van der Waals surface area contributed by atoms with Crippen LogP contribution in [-0.4, -0.2) is 27.7 Å². The standard InChI is InChI=1S/C9H11N3O3S/c1-5(9(14)15)6(2)11-12-7(13)8-10-3-4-16-8/h3-5H,1-2H3,(H,12,13)(H,14,15)/b11-6-. The third-order valence-corrected chi connectivity index (χ3v) is 2.73. The van der Waals surface area contributed by atoms with E-state index < -0.39 is 17.8 Å². The van der Waals surface area contributed by atoms with Crippen LogP contribution >= 0.6 is 11.3 Å². The Morgan fingerprint density at radius 1 is 1.62 bits per heavy atom. The normalized spacial score (nSPS) is 13.2. The number of hydrazone groups is 1. The van der Waals surface area contributed by atoms with Crippen molar-refractivity contribution >= 4 is 28.9 Å². The Labute approximate surface area is 96.0 Å². The molecular formula is C9H11N3O3S. The molecule has 0 saturated carbocycles. The maximum Gasteiger partial charge on any atom is 0.312 e. The second kappa shape index (κ2) is 5.36. The van der Waals surface area contributed by atoms with Gasteiger partial charge in [0, 0.05) is 17.3 Å². The molecule has 1 atom stereocenters. The molecule has 0 aliphatic carbocycles. The van der Waals surface area contributed by atoms with Gasteiger partial charge in [0.15, 0.2) is 5.01 Å². The highest BCUT2D eigenvalue weighted by Crippen LogP contribution is 2.03. The van der Waals surface area contributed by atoms with Crippen molar-refractivity contribution in [3.63, 3.8) is 0 Å². The molecule has 1 amide bonds. The summed E-state index contributed by atoms with van der Waals surface area (Å²) in [5.41, 5.74) is 2.59. The van der Waals surface area contributed by atoms with Gasteiger partial charge in [0.2, 0.25) is 0 Å². The summed E-state index contributed by atoms with van der Waals surface area (Å²) < 4.78 is 0. The zero-order valence-electron chi connectivity index (χ0n) is 8.80. The number of rotatable bonds is 4. The first-order valence-electron chi connectivity index (χ1n) is 4.49. The fourth-order valence-corrected chi connectivity index (χ4v) is 1.32. The highest BCUT2D eigenvalue weighted by atomic mass is 32.1. The third-order valence-electron chi connectivity index (χ3n) is 1.96. The second-order valence-electron chi connectivity index (χ2n) is 3.09. The van der Waals surface area contributed by atoms with Crippen molar-refractivity contribution in [2.24, 2.45) is 11.0 Å². The van der Waals surface area contributed by atoms with Gasteiger partial charge in [-0.15, -0.1) is 11.3 Å². The summed E-state index contributed by atoms with van der Waals surface area (Å²) in [5, 5.41) is 14.4. The first-order chi connectivity index (χ1) is 7.52. The molecular weight excluding hydrogens is 230 g/mol. The maximum absolute atomic E-state index is 11.4.